The fourth-order valence-corrected chi connectivity index (χ4v) is 2.42. The van der Waals surface area contributed by atoms with Crippen molar-refractivity contribution in [3.63, 3.8) is 0 Å². The molecule has 0 unspecified atom stereocenters. The molecule has 4 nitrogen and oxygen atoms in total. The minimum Gasteiger partial charge on any atom is -0.381 e. The van der Waals surface area contributed by atoms with Crippen molar-refractivity contribution < 1.29 is 9.53 Å². The zero-order valence-corrected chi connectivity index (χ0v) is 12.0. The van der Waals surface area contributed by atoms with Crippen molar-refractivity contribution in [2.45, 2.75) is 23.8 Å². The summed E-state index contributed by atoms with van der Waals surface area (Å²) in [4.78, 5) is 13.0. The van der Waals surface area contributed by atoms with E-state index in [-0.39, 0.29) is 11.9 Å². The van der Waals surface area contributed by atoms with Crippen LogP contribution in [-0.2, 0) is 9.53 Å². The van der Waals surface area contributed by atoms with E-state index in [1.807, 2.05) is 30.5 Å². The SMILES string of the molecule is CSc1ccc(NCC(=O)NC2CCOCC2)cc1. The normalized spacial score (nSPS) is 16.1. The molecule has 0 aromatic heterocycles. The number of ether oxygens (including phenoxy) is 1. The number of thioether (sulfide) groups is 1. The first-order valence-electron chi connectivity index (χ1n) is 6.53. The molecule has 1 aromatic carbocycles. The van der Waals surface area contributed by atoms with Gasteiger partial charge in [-0.25, -0.2) is 0 Å². The van der Waals surface area contributed by atoms with E-state index in [9.17, 15) is 4.79 Å². The van der Waals surface area contributed by atoms with Crippen molar-refractivity contribution in [2.75, 3.05) is 31.3 Å². The van der Waals surface area contributed by atoms with Gasteiger partial charge in [-0.3, -0.25) is 4.79 Å². The maximum atomic E-state index is 11.8. The van der Waals surface area contributed by atoms with Gasteiger partial charge in [0.05, 0.1) is 6.54 Å². The first-order valence-corrected chi connectivity index (χ1v) is 7.75. The van der Waals surface area contributed by atoms with Crippen molar-refractivity contribution in [1.29, 1.82) is 0 Å². The average molecular weight is 280 g/mol. The Morgan fingerprint density at radius 3 is 2.63 bits per heavy atom. The quantitative estimate of drug-likeness (QED) is 0.811. The van der Waals surface area contributed by atoms with E-state index in [0.29, 0.717) is 6.54 Å². The summed E-state index contributed by atoms with van der Waals surface area (Å²) in [5, 5.41) is 6.16. The van der Waals surface area contributed by atoms with Gasteiger partial charge in [0.15, 0.2) is 0 Å². The highest BCUT2D eigenvalue weighted by Crippen LogP contribution is 2.17. The van der Waals surface area contributed by atoms with Crippen LogP contribution in [0.5, 0.6) is 0 Å². The summed E-state index contributed by atoms with van der Waals surface area (Å²) in [6.45, 7) is 1.80. The van der Waals surface area contributed by atoms with Crippen LogP contribution in [-0.4, -0.2) is 38.0 Å². The van der Waals surface area contributed by atoms with Gasteiger partial charge >= 0.3 is 0 Å². The zero-order valence-electron chi connectivity index (χ0n) is 11.1. The number of nitrogens with one attached hydrogen (secondary N) is 2. The van der Waals surface area contributed by atoms with E-state index >= 15 is 0 Å². The third kappa shape index (κ3) is 4.76. The lowest BCUT2D eigenvalue weighted by Gasteiger charge is -2.23. The molecule has 0 aliphatic carbocycles. The largest absolute Gasteiger partial charge is 0.381 e. The highest BCUT2D eigenvalue weighted by molar-refractivity contribution is 7.98. The smallest absolute Gasteiger partial charge is 0.239 e. The Bertz CT molecular complexity index is 402. The Kier molecular flexibility index (Phi) is 5.54. The number of anilines is 1. The summed E-state index contributed by atoms with van der Waals surface area (Å²) in [5.74, 6) is 0.0424. The second-order valence-corrected chi connectivity index (χ2v) is 5.42. The van der Waals surface area contributed by atoms with Crippen molar-refractivity contribution in [3.8, 4) is 0 Å². The van der Waals surface area contributed by atoms with Crippen LogP contribution in [0.15, 0.2) is 29.2 Å². The predicted octanol–water partition coefficient (Wildman–Crippen LogP) is 2.12. The summed E-state index contributed by atoms with van der Waals surface area (Å²) in [5.41, 5.74) is 0.972. The number of hydrogen-bond donors (Lipinski definition) is 2. The highest BCUT2D eigenvalue weighted by atomic mass is 32.2. The van der Waals surface area contributed by atoms with E-state index in [0.717, 1.165) is 31.7 Å². The van der Waals surface area contributed by atoms with E-state index in [1.54, 1.807) is 11.8 Å². The van der Waals surface area contributed by atoms with Crippen molar-refractivity contribution in [3.05, 3.63) is 24.3 Å². The van der Waals surface area contributed by atoms with Crippen LogP contribution in [0.1, 0.15) is 12.8 Å². The molecule has 19 heavy (non-hydrogen) atoms. The second-order valence-electron chi connectivity index (χ2n) is 4.54. The van der Waals surface area contributed by atoms with Crippen LogP contribution in [0, 0.1) is 0 Å². The van der Waals surface area contributed by atoms with Crippen LogP contribution in [0.25, 0.3) is 0 Å². The van der Waals surface area contributed by atoms with Crippen molar-refractivity contribution in [1.82, 2.24) is 5.32 Å². The van der Waals surface area contributed by atoms with E-state index in [4.69, 9.17) is 4.74 Å². The Morgan fingerprint density at radius 1 is 1.32 bits per heavy atom. The molecule has 0 radical (unpaired) electrons. The van der Waals surface area contributed by atoms with Crippen LogP contribution >= 0.6 is 11.8 Å². The Hall–Kier alpha value is -1.20. The fourth-order valence-electron chi connectivity index (χ4n) is 2.01. The van der Waals surface area contributed by atoms with Crippen molar-refractivity contribution in [2.24, 2.45) is 0 Å². The van der Waals surface area contributed by atoms with Gasteiger partial charge in [0.1, 0.15) is 0 Å². The number of hydrogen-bond acceptors (Lipinski definition) is 4. The molecule has 2 N–H and O–H groups in total. The monoisotopic (exact) mass is 280 g/mol. The maximum Gasteiger partial charge on any atom is 0.239 e. The van der Waals surface area contributed by atoms with E-state index in [1.165, 1.54) is 4.90 Å². The number of rotatable bonds is 5. The third-order valence-corrected chi connectivity index (χ3v) is 3.87. The lowest BCUT2D eigenvalue weighted by Crippen LogP contribution is -2.41. The summed E-state index contributed by atoms with van der Waals surface area (Å²) < 4.78 is 5.26. The van der Waals surface area contributed by atoms with E-state index < -0.39 is 0 Å². The van der Waals surface area contributed by atoms with Crippen LogP contribution in [0.3, 0.4) is 0 Å². The minimum absolute atomic E-state index is 0.0424. The highest BCUT2D eigenvalue weighted by Gasteiger charge is 2.15. The molecule has 1 heterocycles. The number of carbonyl (C=O) groups is 1. The van der Waals surface area contributed by atoms with Crippen molar-refractivity contribution >= 4 is 23.4 Å². The Morgan fingerprint density at radius 2 is 2.00 bits per heavy atom. The summed E-state index contributed by atoms with van der Waals surface area (Å²) in [6.07, 6.45) is 3.87. The van der Waals surface area contributed by atoms with E-state index in [2.05, 4.69) is 10.6 Å². The molecule has 1 amide bonds. The minimum atomic E-state index is 0.0424. The molecule has 2 rings (SSSR count). The first kappa shape index (κ1) is 14.2. The van der Waals surface area contributed by atoms with Crippen LogP contribution in [0.2, 0.25) is 0 Å². The molecule has 5 heteroatoms. The average Bonchev–Trinajstić information content (AvgIpc) is 2.47. The molecular weight excluding hydrogens is 260 g/mol. The molecule has 0 saturated carbocycles. The molecule has 1 fully saturated rings. The Labute approximate surface area is 118 Å². The summed E-state index contributed by atoms with van der Waals surface area (Å²) >= 11 is 1.71. The van der Waals surface area contributed by atoms with Gasteiger partial charge in [-0.05, 0) is 43.4 Å². The second kappa shape index (κ2) is 7.40. The van der Waals surface area contributed by atoms with Gasteiger partial charge < -0.3 is 15.4 Å². The standard InChI is InChI=1S/C14H20N2O2S/c1-19-13-4-2-11(3-5-13)15-10-14(17)16-12-6-8-18-9-7-12/h2-5,12,15H,6-10H2,1H3,(H,16,17). The van der Waals surface area contributed by atoms with Gasteiger partial charge in [0.25, 0.3) is 0 Å². The topological polar surface area (TPSA) is 50.4 Å². The predicted molar refractivity (Wildman–Crippen MR) is 78.7 cm³/mol. The number of benzene rings is 1. The van der Waals surface area contributed by atoms with Gasteiger partial charge in [-0.2, -0.15) is 0 Å². The van der Waals surface area contributed by atoms with Crippen LogP contribution < -0.4 is 10.6 Å². The molecule has 1 saturated heterocycles. The fraction of sp³-hybridized carbons (Fsp3) is 0.500. The molecule has 1 aliphatic rings. The molecule has 0 bridgehead atoms. The maximum absolute atomic E-state index is 11.8. The van der Waals surface area contributed by atoms with Gasteiger partial charge in [0.2, 0.25) is 5.91 Å². The van der Waals surface area contributed by atoms with Gasteiger partial charge in [-0.15, -0.1) is 11.8 Å². The lowest BCUT2D eigenvalue weighted by atomic mass is 10.1. The number of amides is 1. The first-order chi connectivity index (χ1) is 9.28. The molecule has 0 spiro atoms. The number of carbonyl (C=O) groups excluding carboxylic acids is 1. The molecule has 1 aromatic rings. The molecule has 104 valence electrons. The Balaban J connectivity index is 1.72. The third-order valence-electron chi connectivity index (χ3n) is 3.13. The van der Waals surface area contributed by atoms with Gasteiger partial charge in [0, 0.05) is 29.8 Å². The van der Waals surface area contributed by atoms with Gasteiger partial charge in [-0.1, -0.05) is 0 Å². The lowest BCUT2D eigenvalue weighted by molar-refractivity contribution is -0.120. The molecule has 1 aliphatic heterocycles. The molecular formula is C14H20N2O2S. The summed E-state index contributed by atoms with van der Waals surface area (Å²) in [7, 11) is 0. The van der Waals surface area contributed by atoms with Crippen LogP contribution in [0.4, 0.5) is 5.69 Å². The zero-order chi connectivity index (χ0) is 13.5. The molecule has 0 atom stereocenters. The summed E-state index contributed by atoms with van der Waals surface area (Å²) in [6, 6.07) is 8.34.